The summed E-state index contributed by atoms with van der Waals surface area (Å²) in [6.45, 7) is 6.60. The van der Waals surface area contributed by atoms with Gasteiger partial charge in [0.25, 0.3) is 5.91 Å². The lowest BCUT2D eigenvalue weighted by molar-refractivity contribution is 0.101. The Bertz CT molecular complexity index is 966. The second kappa shape index (κ2) is 8.03. The molecular weight excluding hydrogens is 345 g/mol. The van der Waals surface area contributed by atoms with Crippen molar-refractivity contribution in [2.24, 2.45) is 0 Å². The zero-order chi connectivity index (χ0) is 19.4. The van der Waals surface area contributed by atoms with Gasteiger partial charge in [-0.15, -0.1) is 0 Å². The molecule has 0 bridgehead atoms. The van der Waals surface area contributed by atoms with Crippen LogP contribution in [-0.2, 0) is 13.2 Å². The number of hydrogen-bond acceptors (Lipinski definition) is 3. The van der Waals surface area contributed by atoms with E-state index in [4.69, 9.17) is 4.74 Å². The predicted molar refractivity (Wildman–Crippen MR) is 103 cm³/mol. The first-order valence-corrected chi connectivity index (χ1v) is 8.80. The van der Waals surface area contributed by atoms with Crippen LogP contribution in [0.25, 0.3) is 0 Å². The zero-order valence-electron chi connectivity index (χ0n) is 15.6. The summed E-state index contributed by atoms with van der Waals surface area (Å²) in [4.78, 5) is 12.5. The fraction of sp³-hybridized carbons (Fsp3) is 0.238. The van der Waals surface area contributed by atoms with Crippen molar-refractivity contribution in [3.63, 3.8) is 0 Å². The summed E-state index contributed by atoms with van der Waals surface area (Å²) in [5, 5.41) is 7.21. The molecule has 0 saturated carbocycles. The van der Waals surface area contributed by atoms with E-state index in [1.165, 1.54) is 12.1 Å². The number of anilines is 1. The maximum Gasteiger partial charge on any atom is 0.273 e. The van der Waals surface area contributed by atoms with E-state index in [9.17, 15) is 9.18 Å². The van der Waals surface area contributed by atoms with Gasteiger partial charge in [0.15, 0.2) is 0 Å². The lowest BCUT2D eigenvalue weighted by Crippen LogP contribution is -2.17. The van der Waals surface area contributed by atoms with Crippen LogP contribution >= 0.6 is 0 Å². The number of amides is 1. The molecule has 0 spiro atoms. The van der Waals surface area contributed by atoms with E-state index in [0.29, 0.717) is 23.7 Å². The summed E-state index contributed by atoms with van der Waals surface area (Å²) in [7, 11) is 0. The number of nitrogens with zero attached hydrogens (tertiary/aromatic N) is 2. The predicted octanol–water partition coefficient (Wildman–Crippen LogP) is 4.49. The topological polar surface area (TPSA) is 56.2 Å². The Kier molecular flexibility index (Phi) is 5.54. The maximum atomic E-state index is 13.2. The van der Waals surface area contributed by atoms with Crippen LogP contribution in [0.5, 0.6) is 5.75 Å². The first kappa shape index (κ1) is 18.6. The molecule has 27 heavy (non-hydrogen) atoms. The molecule has 3 rings (SSSR count). The monoisotopic (exact) mass is 367 g/mol. The first-order chi connectivity index (χ1) is 13.0. The standard InChI is InChI=1S/C21H22FN3O2/c1-4-25-20(11-15(3)24-25)21(26)23-19-9-8-18(10-14(19)2)27-13-16-6-5-7-17(22)12-16/h5-12H,4,13H2,1-3H3,(H,23,26). The Balaban J connectivity index is 1.68. The Morgan fingerprint density at radius 1 is 1.19 bits per heavy atom. The molecule has 0 fully saturated rings. The van der Waals surface area contributed by atoms with E-state index in [-0.39, 0.29) is 18.3 Å². The molecule has 3 aromatic rings. The van der Waals surface area contributed by atoms with Crippen LogP contribution in [0.15, 0.2) is 48.5 Å². The van der Waals surface area contributed by atoms with Crippen molar-refractivity contribution >= 4 is 11.6 Å². The van der Waals surface area contributed by atoms with Crippen LogP contribution in [-0.4, -0.2) is 15.7 Å². The first-order valence-electron chi connectivity index (χ1n) is 8.80. The van der Waals surface area contributed by atoms with E-state index in [1.54, 1.807) is 28.9 Å². The van der Waals surface area contributed by atoms with Crippen molar-refractivity contribution < 1.29 is 13.9 Å². The van der Waals surface area contributed by atoms with E-state index in [0.717, 1.165) is 16.8 Å². The highest BCUT2D eigenvalue weighted by atomic mass is 19.1. The van der Waals surface area contributed by atoms with Crippen molar-refractivity contribution in [2.45, 2.75) is 33.9 Å². The fourth-order valence-corrected chi connectivity index (χ4v) is 2.82. The van der Waals surface area contributed by atoms with Gasteiger partial charge in [0, 0.05) is 12.2 Å². The molecule has 1 heterocycles. The average molecular weight is 367 g/mol. The molecule has 140 valence electrons. The highest BCUT2D eigenvalue weighted by Crippen LogP contribution is 2.23. The number of hydrogen-bond donors (Lipinski definition) is 1. The van der Waals surface area contributed by atoms with E-state index >= 15 is 0 Å². The lowest BCUT2D eigenvalue weighted by atomic mass is 10.2. The largest absolute Gasteiger partial charge is 0.489 e. The molecule has 5 nitrogen and oxygen atoms in total. The highest BCUT2D eigenvalue weighted by molar-refractivity contribution is 6.03. The van der Waals surface area contributed by atoms with Crippen LogP contribution in [0, 0.1) is 19.7 Å². The van der Waals surface area contributed by atoms with Crippen LogP contribution in [0.4, 0.5) is 10.1 Å². The van der Waals surface area contributed by atoms with Crippen molar-refractivity contribution in [2.75, 3.05) is 5.32 Å². The quantitative estimate of drug-likeness (QED) is 0.698. The number of benzene rings is 2. The van der Waals surface area contributed by atoms with Crippen molar-refractivity contribution in [3.8, 4) is 5.75 Å². The molecule has 0 aliphatic heterocycles. The summed E-state index contributed by atoms with van der Waals surface area (Å²) in [6.07, 6.45) is 0. The van der Waals surface area contributed by atoms with Crippen LogP contribution in [0.2, 0.25) is 0 Å². The SMILES string of the molecule is CCn1nc(C)cc1C(=O)Nc1ccc(OCc2cccc(F)c2)cc1C. The Morgan fingerprint density at radius 3 is 2.70 bits per heavy atom. The minimum Gasteiger partial charge on any atom is -0.489 e. The molecule has 0 saturated heterocycles. The summed E-state index contributed by atoms with van der Waals surface area (Å²) in [6, 6.07) is 13.5. The number of nitrogens with one attached hydrogen (secondary N) is 1. The minimum absolute atomic E-state index is 0.200. The van der Waals surface area contributed by atoms with Gasteiger partial charge in [-0.25, -0.2) is 4.39 Å². The number of ether oxygens (including phenoxy) is 1. The summed E-state index contributed by atoms with van der Waals surface area (Å²) >= 11 is 0. The van der Waals surface area contributed by atoms with Gasteiger partial charge >= 0.3 is 0 Å². The molecule has 1 aromatic heterocycles. The van der Waals surface area contributed by atoms with Gasteiger partial charge in [0.2, 0.25) is 0 Å². The molecule has 2 aromatic carbocycles. The Labute approximate surface area is 157 Å². The number of carbonyl (C=O) groups is 1. The van der Waals surface area contributed by atoms with Crippen LogP contribution < -0.4 is 10.1 Å². The van der Waals surface area contributed by atoms with Crippen LogP contribution in [0.1, 0.15) is 34.2 Å². The van der Waals surface area contributed by atoms with Gasteiger partial charge in [-0.05, 0) is 68.3 Å². The van der Waals surface area contributed by atoms with Crippen molar-refractivity contribution in [3.05, 3.63) is 76.9 Å². The van der Waals surface area contributed by atoms with E-state index in [1.807, 2.05) is 32.9 Å². The molecule has 0 radical (unpaired) electrons. The van der Waals surface area contributed by atoms with Gasteiger partial charge in [-0.2, -0.15) is 5.10 Å². The molecule has 6 heteroatoms. The zero-order valence-corrected chi connectivity index (χ0v) is 15.6. The van der Waals surface area contributed by atoms with Gasteiger partial charge in [0.1, 0.15) is 23.9 Å². The number of halogens is 1. The van der Waals surface area contributed by atoms with Crippen molar-refractivity contribution in [1.29, 1.82) is 0 Å². The van der Waals surface area contributed by atoms with E-state index in [2.05, 4.69) is 10.4 Å². The molecule has 0 aliphatic carbocycles. The Hall–Kier alpha value is -3.15. The third-order valence-corrected chi connectivity index (χ3v) is 4.17. The maximum absolute atomic E-state index is 13.2. The van der Waals surface area contributed by atoms with Gasteiger partial charge < -0.3 is 10.1 Å². The normalized spacial score (nSPS) is 10.7. The van der Waals surface area contributed by atoms with Gasteiger partial charge in [-0.1, -0.05) is 12.1 Å². The number of aryl methyl sites for hydroxylation is 3. The fourth-order valence-electron chi connectivity index (χ4n) is 2.82. The summed E-state index contributed by atoms with van der Waals surface area (Å²) < 4.78 is 20.6. The van der Waals surface area contributed by atoms with Gasteiger partial charge in [0.05, 0.1) is 5.69 Å². The number of rotatable bonds is 6. The minimum atomic E-state index is -0.285. The molecule has 0 aliphatic rings. The number of carbonyl (C=O) groups excluding carboxylic acids is 1. The smallest absolute Gasteiger partial charge is 0.273 e. The third kappa shape index (κ3) is 4.53. The van der Waals surface area contributed by atoms with Crippen LogP contribution in [0.3, 0.4) is 0 Å². The highest BCUT2D eigenvalue weighted by Gasteiger charge is 2.14. The molecule has 1 N–H and O–H groups in total. The second-order valence-electron chi connectivity index (χ2n) is 6.34. The summed E-state index contributed by atoms with van der Waals surface area (Å²) in [5.74, 6) is 0.171. The van der Waals surface area contributed by atoms with Crippen molar-refractivity contribution in [1.82, 2.24) is 9.78 Å². The Morgan fingerprint density at radius 2 is 2.00 bits per heavy atom. The average Bonchev–Trinajstić information content (AvgIpc) is 3.03. The van der Waals surface area contributed by atoms with Gasteiger partial charge in [-0.3, -0.25) is 9.48 Å². The number of aromatic nitrogens is 2. The molecule has 0 unspecified atom stereocenters. The molecule has 0 atom stereocenters. The molecular formula is C21H22FN3O2. The molecule has 1 amide bonds. The van der Waals surface area contributed by atoms with E-state index < -0.39 is 0 Å². The summed E-state index contributed by atoms with van der Waals surface area (Å²) in [5.41, 5.74) is 3.67. The lowest BCUT2D eigenvalue weighted by Gasteiger charge is -2.12. The second-order valence-corrected chi connectivity index (χ2v) is 6.34. The third-order valence-electron chi connectivity index (χ3n) is 4.17.